The number of hydrogen-bond donors (Lipinski definition) is 2. The predicted octanol–water partition coefficient (Wildman–Crippen LogP) is 6.23. The van der Waals surface area contributed by atoms with Gasteiger partial charge in [-0.1, -0.05) is 36.9 Å². The normalized spacial score (nSPS) is 14.7. The van der Waals surface area contributed by atoms with Crippen LogP contribution in [0.1, 0.15) is 5.56 Å². The highest BCUT2D eigenvalue weighted by Crippen LogP contribution is 2.38. The van der Waals surface area contributed by atoms with E-state index in [-0.39, 0.29) is 8.81 Å². The monoisotopic (exact) mass is 474 g/mol. The van der Waals surface area contributed by atoms with E-state index in [0.29, 0.717) is 0 Å². The van der Waals surface area contributed by atoms with Gasteiger partial charge in [0, 0.05) is 55.6 Å². The number of pyridine rings is 1. The maximum Gasteiger partial charge on any atom is 0.125 e. The number of fused-ring (bicyclic) bond motifs is 1. The number of anilines is 2. The molecule has 7 heteroatoms. The van der Waals surface area contributed by atoms with Gasteiger partial charge in [0.25, 0.3) is 0 Å². The highest BCUT2D eigenvalue weighted by atomic mass is 32.1. The number of hydrogen-bond acceptors (Lipinski definition) is 6. The smallest absolute Gasteiger partial charge is 0.125 e. The van der Waals surface area contributed by atoms with Crippen molar-refractivity contribution in [3.8, 4) is 16.2 Å². The molecule has 0 bridgehead atoms. The van der Waals surface area contributed by atoms with Crippen LogP contribution in [0.5, 0.6) is 5.75 Å². The van der Waals surface area contributed by atoms with Crippen molar-refractivity contribution < 1.29 is 4.52 Å². The van der Waals surface area contributed by atoms with E-state index in [0.717, 1.165) is 60.1 Å². The maximum absolute atomic E-state index is 5.69. The summed E-state index contributed by atoms with van der Waals surface area (Å²) >= 11 is 1.77. The van der Waals surface area contributed by atoms with Gasteiger partial charge in [-0.05, 0) is 41.2 Å². The first-order valence-electron chi connectivity index (χ1n) is 11.1. The molecule has 0 radical (unpaired) electrons. The van der Waals surface area contributed by atoms with Crippen LogP contribution in [0.3, 0.4) is 0 Å². The fourth-order valence-electron chi connectivity index (χ4n) is 3.98. The maximum atomic E-state index is 5.69. The lowest BCUT2D eigenvalue weighted by atomic mass is 10.1. The molecule has 4 aromatic rings. The fourth-order valence-corrected chi connectivity index (χ4v) is 5.42. The van der Waals surface area contributed by atoms with Crippen molar-refractivity contribution in [2.75, 3.05) is 31.5 Å². The zero-order valence-electron chi connectivity index (χ0n) is 18.4. The summed E-state index contributed by atoms with van der Waals surface area (Å²) < 4.78 is 6.84. The van der Waals surface area contributed by atoms with Gasteiger partial charge in [0.05, 0.1) is 24.7 Å². The van der Waals surface area contributed by atoms with Crippen molar-refractivity contribution in [3.05, 3.63) is 84.8 Å². The van der Waals surface area contributed by atoms with Crippen molar-refractivity contribution in [1.82, 2.24) is 15.2 Å². The third-order valence-electron chi connectivity index (χ3n) is 5.64. The topological polar surface area (TPSA) is 49.4 Å². The minimum absolute atomic E-state index is 0.251. The number of nitrogens with zero attached hydrogens (tertiary/aromatic N) is 2. The van der Waals surface area contributed by atoms with Crippen LogP contribution in [0.4, 0.5) is 11.4 Å². The third-order valence-corrected chi connectivity index (χ3v) is 7.37. The Labute approximate surface area is 200 Å². The molecule has 2 aromatic heterocycles. The molecule has 3 heterocycles. The molecule has 1 aliphatic heterocycles. The second kappa shape index (κ2) is 10.4. The number of aromatic nitrogens is 1. The van der Waals surface area contributed by atoms with Gasteiger partial charge in [0.15, 0.2) is 0 Å². The minimum Gasteiger partial charge on any atom is -0.473 e. The molecule has 168 valence electrons. The van der Waals surface area contributed by atoms with E-state index < -0.39 is 0 Å². The van der Waals surface area contributed by atoms with Crippen LogP contribution in [0, 0.1) is 0 Å². The number of benzene rings is 2. The summed E-state index contributed by atoms with van der Waals surface area (Å²) in [5, 5.41) is 6.95. The third kappa shape index (κ3) is 5.43. The largest absolute Gasteiger partial charge is 0.473 e. The predicted molar refractivity (Wildman–Crippen MR) is 142 cm³/mol. The average Bonchev–Trinajstić information content (AvgIpc) is 3.30. The number of piperazine rings is 1. The number of nitrogens with one attached hydrogen (secondary N) is 2. The molecule has 0 saturated carbocycles. The summed E-state index contributed by atoms with van der Waals surface area (Å²) in [6.45, 7) is 9.12. The van der Waals surface area contributed by atoms with Crippen LogP contribution in [0.15, 0.2) is 79.3 Å². The summed E-state index contributed by atoms with van der Waals surface area (Å²) in [6, 6.07) is 21.2. The quantitative estimate of drug-likeness (QED) is 0.297. The van der Waals surface area contributed by atoms with Crippen LogP contribution in [0.2, 0.25) is 0 Å². The van der Waals surface area contributed by atoms with Crippen molar-refractivity contribution in [2.24, 2.45) is 0 Å². The van der Waals surface area contributed by atoms with Crippen LogP contribution in [-0.4, -0.2) is 36.1 Å². The van der Waals surface area contributed by atoms with E-state index in [1.165, 1.54) is 16.0 Å². The Balaban J connectivity index is 1.35. The van der Waals surface area contributed by atoms with Crippen molar-refractivity contribution >= 4 is 41.7 Å². The molecule has 2 N–H and O–H groups in total. The molecule has 1 aliphatic rings. The molecule has 1 fully saturated rings. The Kier molecular flexibility index (Phi) is 6.98. The summed E-state index contributed by atoms with van der Waals surface area (Å²) in [6.07, 6.45) is 1.86. The fraction of sp³-hybridized carbons (Fsp3) is 0.192. The molecule has 1 unspecified atom stereocenters. The van der Waals surface area contributed by atoms with Gasteiger partial charge in [-0.3, -0.25) is 9.88 Å². The first-order valence-corrected chi connectivity index (χ1v) is 12.9. The van der Waals surface area contributed by atoms with Gasteiger partial charge in [-0.2, -0.15) is 0 Å². The van der Waals surface area contributed by atoms with Crippen molar-refractivity contribution in [1.29, 1.82) is 0 Å². The molecular formula is C26H27N4OPS. The summed E-state index contributed by atoms with van der Waals surface area (Å²) in [5.41, 5.74) is 5.64. The van der Waals surface area contributed by atoms with Gasteiger partial charge >= 0.3 is 0 Å². The van der Waals surface area contributed by atoms with Crippen LogP contribution < -0.4 is 15.2 Å². The van der Waals surface area contributed by atoms with Crippen LogP contribution in [0.25, 0.3) is 20.7 Å². The standard InChI is InChI=1S/C26H27N4OPS/c1-2-32-31-22-5-3-4-21(16-22)29-23-10-11-28-24-17-25(33-26(23)24)20-8-6-19(7-9-20)18-30-14-12-27-13-15-30/h2-11,16-17,27,32H,1,12-15,18H2,(H,28,29). The Morgan fingerprint density at radius 1 is 1.12 bits per heavy atom. The van der Waals surface area contributed by atoms with Crippen LogP contribution >= 0.6 is 20.1 Å². The molecule has 5 nitrogen and oxygen atoms in total. The molecule has 0 amide bonds. The van der Waals surface area contributed by atoms with Gasteiger partial charge < -0.3 is 15.2 Å². The summed E-state index contributed by atoms with van der Waals surface area (Å²) in [4.78, 5) is 8.34. The SMILES string of the molecule is C=CPOc1cccc(Nc2ccnc3cc(-c4ccc(CN5CCNCC5)cc4)sc23)c1. The molecule has 1 saturated heterocycles. The zero-order valence-corrected chi connectivity index (χ0v) is 20.2. The van der Waals surface area contributed by atoms with Gasteiger partial charge in [0.1, 0.15) is 5.75 Å². The highest BCUT2D eigenvalue weighted by molar-refractivity contribution is 7.36. The lowest BCUT2D eigenvalue weighted by molar-refractivity contribution is 0.233. The lowest BCUT2D eigenvalue weighted by Gasteiger charge is -2.27. The minimum atomic E-state index is 0.251. The summed E-state index contributed by atoms with van der Waals surface area (Å²) in [5.74, 6) is 2.61. The Morgan fingerprint density at radius 2 is 1.97 bits per heavy atom. The average molecular weight is 475 g/mol. The number of thiophene rings is 1. The van der Waals surface area contributed by atoms with E-state index in [1.807, 2.05) is 36.5 Å². The van der Waals surface area contributed by atoms with E-state index in [9.17, 15) is 0 Å². The molecule has 0 spiro atoms. The summed E-state index contributed by atoms with van der Waals surface area (Å²) in [7, 11) is 0.251. The van der Waals surface area contributed by atoms with E-state index in [4.69, 9.17) is 4.52 Å². The highest BCUT2D eigenvalue weighted by Gasteiger charge is 2.12. The van der Waals surface area contributed by atoms with Crippen LogP contribution in [-0.2, 0) is 6.54 Å². The number of rotatable bonds is 8. The van der Waals surface area contributed by atoms with Gasteiger partial charge in [-0.15, -0.1) is 11.3 Å². The van der Waals surface area contributed by atoms with Gasteiger partial charge in [-0.25, -0.2) is 0 Å². The molecular weight excluding hydrogens is 447 g/mol. The van der Waals surface area contributed by atoms with Crippen molar-refractivity contribution in [2.45, 2.75) is 6.54 Å². The van der Waals surface area contributed by atoms with E-state index in [1.54, 1.807) is 17.2 Å². The molecule has 5 rings (SSSR count). The molecule has 1 atom stereocenters. The molecule has 33 heavy (non-hydrogen) atoms. The van der Waals surface area contributed by atoms with E-state index >= 15 is 0 Å². The second-order valence-electron chi connectivity index (χ2n) is 7.98. The Morgan fingerprint density at radius 3 is 2.79 bits per heavy atom. The van der Waals surface area contributed by atoms with E-state index in [2.05, 4.69) is 57.4 Å². The zero-order chi connectivity index (χ0) is 22.5. The second-order valence-corrected chi connectivity index (χ2v) is 9.88. The lowest BCUT2D eigenvalue weighted by Crippen LogP contribution is -2.42. The molecule has 0 aliphatic carbocycles. The first-order chi connectivity index (χ1) is 16.3. The first kappa shape index (κ1) is 22.1. The Bertz CT molecular complexity index is 1230. The molecule has 2 aromatic carbocycles. The van der Waals surface area contributed by atoms with Crippen molar-refractivity contribution in [3.63, 3.8) is 0 Å². The Hall–Kier alpha value is -2.76. The van der Waals surface area contributed by atoms with Gasteiger partial charge in [0.2, 0.25) is 0 Å².